The van der Waals surface area contributed by atoms with Crippen molar-refractivity contribution in [3.05, 3.63) is 28.3 Å². The number of rotatable bonds is 5. The minimum absolute atomic E-state index is 0.0611. The van der Waals surface area contributed by atoms with E-state index in [-0.39, 0.29) is 12.2 Å². The lowest BCUT2D eigenvalue weighted by Gasteiger charge is -2.08. The normalized spacial score (nSPS) is 11.2. The summed E-state index contributed by atoms with van der Waals surface area (Å²) in [6.07, 6.45) is 0. The number of benzene rings is 1. The van der Waals surface area contributed by atoms with Gasteiger partial charge < -0.3 is 5.43 Å². The number of nitro groups is 1. The summed E-state index contributed by atoms with van der Waals surface area (Å²) in [6, 6.07) is 3.84. The first kappa shape index (κ1) is 13.4. The molecule has 4 N–H and O–H groups in total. The molecule has 0 aliphatic rings. The number of nitrogens with two attached hydrogens (primary N) is 1. The van der Waals surface area contributed by atoms with Crippen molar-refractivity contribution in [3.63, 3.8) is 0 Å². The summed E-state index contributed by atoms with van der Waals surface area (Å²) in [4.78, 5) is 9.66. The molecule has 0 heterocycles. The van der Waals surface area contributed by atoms with Crippen molar-refractivity contribution in [3.8, 4) is 0 Å². The summed E-state index contributed by atoms with van der Waals surface area (Å²) in [7, 11) is -3.91. The Morgan fingerprint density at radius 2 is 2.12 bits per heavy atom. The first-order valence-electron chi connectivity index (χ1n) is 4.67. The van der Waals surface area contributed by atoms with Crippen LogP contribution in [0.1, 0.15) is 6.92 Å². The number of nitrogens with zero attached hydrogens (tertiary/aromatic N) is 1. The molecule has 17 heavy (non-hydrogen) atoms. The van der Waals surface area contributed by atoms with Gasteiger partial charge in [0.25, 0.3) is 0 Å². The Bertz CT molecular complexity index is 528. The van der Waals surface area contributed by atoms with Crippen LogP contribution in [0.3, 0.4) is 0 Å². The van der Waals surface area contributed by atoms with Crippen LogP contribution in [0.5, 0.6) is 0 Å². The van der Waals surface area contributed by atoms with Crippen LogP contribution in [0, 0.1) is 10.1 Å². The number of hydrazine groups is 1. The first-order chi connectivity index (χ1) is 7.94. The van der Waals surface area contributed by atoms with Crippen molar-refractivity contribution in [2.75, 3.05) is 12.0 Å². The highest BCUT2D eigenvalue weighted by Crippen LogP contribution is 2.30. The summed E-state index contributed by atoms with van der Waals surface area (Å²) in [5.41, 5.74) is 1.46. The summed E-state index contributed by atoms with van der Waals surface area (Å²) in [5.74, 6) is 5.10. The number of hydrogen-bond acceptors (Lipinski definition) is 6. The summed E-state index contributed by atoms with van der Waals surface area (Å²) < 4.78 is 25.7. The van der Waals surface area contributed by atoms with E-state index in [0.717, 1.165) is 6.07 Å². The molecule has 0 radical (unpaired) electrons. The Kier molecular flexibility index (Phi) is 3.99. The number of nitrogens with one attached hydrogen (secondary N) is 2. The largest absolute Gasteiger partial charge is 0.318 e. The lowest BCUT2D eigenvalue weighted by Crippen LogP contribution is -2.24. The van der Waals surface area contributed by atoms with E-state index in [4.69, 9.17) is 5.84 Å². The molecular formula is C8H12N4O4S. The molecule has 1 aromatic carbocycles. The Morgan fingerprint density at radius 1 is 1.47 bits per heavy atom. The van der Waals surface area contributed by atoms with E-state index in [0.29, 0.717) is 0 Å². The second-order valence-corrected chi connectivity index (χ2v) is 4.79. The molecule has 1 rings (SSSR count). The first-order valence-corrected chi connectivity index (χ1v) is 6.16. The van der Waals surface area contributed by atoms with Crippen LogP contribution in [-0.2, 0) is 10.0 Å². The maximum absolute atomic E-state index is 11.7. The molecule has 0 aliphatic carbocycles. The molecule has 0 fully saturated rings. The van der Waals surface area contributed by atoms with Crippen molar-refractivity contribution in [1.82, 2.24) is 4.72 Å². The Morgan fingerprint density at radius 3 is 2.59 bits per heavy atom. The standard InChI is InChI=1S/C8H12N4O4S/c1-2-10-17(15,16)7-5-3-4-6(11-9)8(7)12(13)14/h3-5,10-11H,2,9H2,1H3. The third kappa shape index (κ3) is 2.70. The monoisotopic (exact) mass is 260 g/mol. The highest BCUT2D eigenvalue weighted by atomic mass is 32.2. The summed E-state index contributed by atoms with van der Waals surface area (Å²) in [5, 5.41) is 10.9. The average Bonchev–Trinajstić information content (AvgIpc) is 2.27. The molecule has 0 spiro atoms. The predicted molar refractivity (Wildman–Crippen MR) is 61.8 cm³/mol. The summed E-state index contributed by atoms with van der Waals surface area (Å²) >= 11 is 0. The van der Waals surface area contributed by atoms with Crippen LogP contribution >= 0.6 is 0 Å². The van der Waals surface area contributed by atoms with Gasteiger partial charge in [-0.25, -0.2) is 13.1 Å². The third-order valence-corrected chi connectivity index (χ3v) is 3.54. The van der Waals surface area contributed by atoms with Gasteiger partial charge in [0.1, 0.15) is 5.69 Å². The van der Waals surface area contributed by atoms with Crippen molar-refractivity contribution < 1.29 is 13.3 Å². The van der Waals surface area contributed by atoms with Crippen molar-refractivity contribution in [2.24, 2.45) is 5.84 Å². The van der Waals surface area contributed by atoms with Crippen molar-refractivity contribution >= 4 is 21.4 Å². The molecule has 8 nitrogen and oxygen atoms in total. The quantitative estimate of drug-likeness (QED) is 0.393. The SMILES string of the molecule is CCNS(=O)(=O)c1cccc(NN)c1[N+](=O)[O-]. The van der Waals surface area contributed by atoms with Crippen LogP contribution in [0.2, 0.25) is 0 Å². The van der Waals surface area contributed by atoms with Gasteiger partial charge in [-0.3, -0.25) is 16.0 Å². The van der Waals surface area contributed by atoms with E-state index in [9.17, 15) is 18.5 Å². The number of anilines is 1. The smallest absolute Gasteiger partial charge is 0.313 e. The van der Waals surface area contributed by atoms with E-state index in [1.165, 1.54) is 12.1 Å². The molecule has 9 heteroatoms. The van der Waals surface area contributed by atoms with E-state index in [2.05, 4.69) is 10.1 Å². The fourth-order valence-electron chi connectivity index (χ4n) is 1.31. The molecule has 0 atom stereocenters. The van der Waals surface area contributed by atoms with Crippen LogP contribution in [-0.4, -0.2) is 19.9 Å². The van der Waals surface area contributed by atoms with Crippen molar-refractivity contribution in [1.29, 1.82) is 0 Å². The fourth-order valence-corrected chi connectivity index (χ4v) is 2.54. The van der Waals surface area contributed by atoms with Gasteiger partial charge in [-0.2, -0.15) is 0 Å². The minimum Gasteiger partial charge on any atom is -0.318 e. The van der Waals surface area contributed by atoms with E-state index >= 15 is 0 Å². The zero-order chi connectivity index (χ0) is 13.1. The molecule has 94 valence electrons. The van der Waals surface area contributed by atoms with Crippen LogP contribution in [0.15, 0.2) is 23.1 Å². The molecular weight excluding hydrogens is 248 g/mol. The van der Waals surface area contributed by atoms with Crippen LogP contribution in [0.4, 0.5) is 11.4 Å². The predicted octanol–water partition coefficient (Wildman–Crippen LogP) is 0.179. The zero-order valence-electron chi connectivity index (χ0n) is 9.00. The van der Waals surface area contributed by atoms with Gasteiger partial charge in [-0.1, -0.05) is 13.0 Å². The maximum Gasteiger partial charge on any atom is 0.313 e. The van der Waals surface area contributed by atoms with Gasteiger partial charge in [-0.15, -0.1) is 0 Å². The highest BCUT2D eigenvalue weighted by molar-refractivity contribution is 7.89. The van der Waals surface area contributed by atoms with E-state index in [1.54, 1.807) is 6.92 Å². The molecule has 0 aliphatic heterocycles. The molecule has 0 amide bonds. The van der Waals surface area contributed by atoms with Gasteiger partial charge >= 0.3 is 5.69 Å². The lowest BCUT2D eigenvalue weighted by molar-refractivity contribution is -0.386. The average molecular weight is 260 g/mol. The molecule has 0 aromatic heterocycles. The fraction of sp³-hybridized carbons (Fsp3) is 0.250. The second-order valence-electron chi connectivity index (χ2n) is 3.06. The minimum atomic E-state index is -3.91. The Hall–Kier alpha value is -1.71. The number of nitro benzene ring substituents is 1. The number of nitrogen functional groups attached to an aromatic ring is 1. The van der Waals surface area contributed by atoms with Gasteiger partial charge in [0, 0.05) is 6.54 Å². The topological polar surface area (TPSA) is 127 Å². The maximum atomic E-state index is 11.7. The van der Waals surface area contributed by atoms with Gasteiger partial charge in [0.05, 0.1) is 4.92 Å². The van der Waals surface area contributed by atoms with Gasteiger partial charge in [0.2, 0.25) is 10.0 Å². The van der Waals surface area contributed by atoms with Gasteiger partial charge in [-0.05, 0) is 12.1 Å². The zero-order valence-corrected chi connectivity index (χ0v) is 9.82. The third-order valence-electron chi connectivity index (χ3n) is 1.96. The molecule has 0 saturated heterocycles. The van der Waals surface area contributed by atoms with E-state index in [1.807, 2.05) is 0 Å². The number of para-hydroxylation sites is 1. The van der Waals surface area contributed by atoms with E-state index < -0.39 is 25.5 Å². The Balaban J connectivity index is 3.49. The van der Waals surface area contributed by atoms with Gasteiger partial charge in [0.15, 0.2) is 4.90 Å². The molecule has 0 bridgehead atoms. The molecule has 0 saturated carbocycles. The summed E-state index contributed by atoms with van der Waals surface area (Å²) in [6.45, 7) is 1.72. The second kappa shape index (κ2) is 5.08. The molecule has 0 unspecified atom stereocenters. The number of hydrogen-bond donors (Lipinski definition) is 3. The van der Waals surface area contributed by atoms with Crippen LogP contribution < -0.4 is 16.0 Å². The Labute approximate surface area is 98.0 Å². The highest BCUT2D eigenvalue weighted by Gasteiger charge is 2.28. The molecule has 1 aromatic rings. The van der Waals surface area contributed by atoms with Crippen LogP contribution in [0.25, 0.3) is 0 Å². The lowest BCUT2D eigenvalue weighted by atomic mass is 10.3. The number of sulfonamides is 1. The van der Waals surface area contributed by atoms with Crippen molar-refractivity contribution in [2.45, 2.75) is 11.8 Å².